The fraction of sp³-hybridized carbons (Fsp3) is 0.550. The zero-order valence-corrected chi connectivity index (χ0v) is 19.7. The van der Waals surface area contributed by atoms with Gasteiger partial charge >= 0.3 is 0 Å². The Hall–Kier alpha value is -1.88. The second-order valence-corrected chi connectivity index (χ2v) is 6.81. The van der Waals surface area contributed by atoms with E-state index < -0.39 is 0 Å². The minimum absolute atomic E-state index is 0. The standard InChI is InChI=1S/C20H30N6O2.HI/c1-4-21-20(22-11-12-28-17-8-6-5-7-15(17)2)23-16-9-10-19-24-18(14-27-3)25-26(19)13-16;/h5-8,16H,4,9-14H2,1-3H3,(H2,21,22,23);1H. The van der Waals surface area contributed by atoms with Gasteiger partial charge in [0.1, 0.15) is 24.8 Å². The summed E-state index contributed by atoms with van der Waals surface area (Å²) >= 11 is 0. The Morgan fingerprint density at radius 2 is 2.17 bits per heavy atom. The molecule has 1 aromatic heterocycles. The van der Waals surface area contributed by atoms with Crippen LogP contribution < -0.4 is 15.4 Å². The van der Waals surface area contributed by atoms with Crippen LogP contribution >= 0.6 is 24.0 Å². The van der Waals surface area contributed by atoms with Gasteiger partial charge in [0.25, 0.3) is 0 Å². The lowest BCUT2D eigenvalue weighted by molar-refractivity contribution is 0.177. The summed E-state index contributed by atoms with van der Waals surface area (Å²) in [5.41, 5.74) is 1.13. The van der Waals surface area contributed by atoms with Crippen molar-refractivity contribution >= 4 is 29.9 Å². The van der Waals surface area contributed by atoms with E-state index in [0.717, 1.165) is 54.9 Å². The molecular formula is C20H31IN6O2. The normalized spacial score (nSPS) is 16.0. The maximum Gasteiger partial charge on any atom is 0.191 e. The molecule has 2 heterocycles. The molecule has 0 fully saturated rings. The summed E-state index contributed by atoms with van der Waals surface area (Å²) < 4.78 is 12.9. The number of hydrogen-bond acceptors (Lipinski definition) is 5. The van der Waals surface area contributed by atoms with E-state index in [0.29, 0.717) is 19.8 Å². The first-order valence-electron chi connectivity index (χ1n) is 9.84. The Labute approximate surface area is 189 Å². The summed E-state index contributed by atoms with van der Waals surface area (Å²) in [4.78, 5) is 9.17. The van der Waals surface area contributed by atoms with E-state index in [1.165, 1.54) is 0 Å². The minimum atomic E-state index is 0. The van der Waals surface area contributed by atoms with Crippen LogP contribution in [0.4, 0.5) is 0 Å². The summed E-state index contributed by atoms with van der Waals surface area (Å²) in [6, 6.07) is 8.29. The van der Waals surface area contributed by atoms with Gasteiger partial charge in [0.15, 0.2) is 11.8 Å². The Kier molecular flexibility index (Phi) is 9.65. The number of halogens is 1. The number of hydrogen-bond donors (Lipinski definition) is 2. The zero-order chi connectivity index (χ0) is 19.8. The maximum absolute atomic E-state index is 5.83. The van der Waals surface area contributed by atoms with Crippen molar-refractivity contribution in [3.63, 3.8) is 0 Å². The van der Waals surface area contributed by atoms with Gasteiger partial charge in [-0.25, -0.2) is 14.7 Å². The predicted molar refractivity (Wildman–Crippen MR) is 124 cm³/mol. The van der Waals surface area contributed by atoms with Crippen LogP contribution in [-0.2, 0) is 24.3 Å². The molecule has 0 amide bonds. The summed E-state index contributed by atoms with van der Waals surface area (Å²) in [6.07, 6.45) is 1.89. The summed E-state index contributed by atoms with van der Waals surface area (Å²) in [7, 11) is 1.66. The molecule has 0 saturated carbocycles. The van der Waals surface area contributed by atoms with Crippen molar-refractivity contribution in [1.29, 1.82) is 0 Å². The van der Waals surface area contributed by atoms with Crippen molar-refractivity contribution in [2.24, 2.45) is 4.99 Å². The highest BCUT2D eigenvalue weighted by Crippen LogP contribution is 2.16. The number of guanidine groups is 1. The van der Waals surface area contributed by atoms with Gasteiger partial charge in [0, 0.05) is 26.1 Å². The number of nitrogens with one attached hydrogen (secondary N) is 2. The molecule has 160 valence electrons. The van der Waals surface area contributed by atoms with Crippen LogP contribution in [0.1, 0.15) is 30.6 Å². The highest BCUT2D eigenvalue weighted by molar-refractivity contribution is 14.0. The fourth-order valence-corrected chi connectivity index (χ4v) is 3.21. The number of nitrogens with zero attached hydrogens (tertiary/aromatic N) is 4. The Balaban J connectivity index is 0.00000300. The lowest BCUT2D eigenvalue weighted by Gasteiger charge is -2.25. The fourth-order valence-electron chi connectivity index (χ4n) is 3.21. The first kappa shape index (κ1) is 23.4. The second kappa shape index (κ2) is 12.0. The molecule has 9 heteroatoms. The monoisotopic (exact) mass is 514 g/mol. The molecule has 29 heavy (non-hydrogen) atoms. The molecular weight excluding hydrogens is 483 g/mol. The number of benzene rings is 1. The molecule has 1 aliphatic rings. The smallest absolute Gasteiger partial charge is 0.191 e. The molecule has 1 atom stereocenters. The predicted octanol–water partition coefficient (Wildman–Crippen LogP) is 2.30. The van der Waals surface area contributed by atoms with E-state index in [-0.39, 0.29) is 30.0 Å². The van der Waals surface area contributed by atoms with Crippen molar-refractivity contribution < 1.29 is 9.47 Å². The third-order valence-corrected chi connectivity index (χ3v) is 4.57. The molecule has 2 N–H and O–H groups in total. The average Bonchev–Trinajstić information content (AvgIpc) is 3.08. The Morgan fingerprint density at radius 1 is 1.34 bits per heavy atom. The Bertz CT molecular complexity index is 795. The molecule has 0 bridgehead atoms. The molecule has 0 aliphatic carbocycles. The van der Waals surface area contributed by atoms with Gasteiger partial charge in [-0.05, 0) is 31.9 Å². The number of aryl methyl sites for hydroxylation is 2. The van der Waals surface area contributed by atoms with Crippen molar-refractivity contribution in [2.45, 2.75) is 45.9 Å². The van der Waals surface area contributed by atoms with Crippen LogP contribution in [0.15, 0.2) is 29.3 Å². The molecule has 0 saturated heterocycles. The SMILES string of the molecule is CCNC(=NCCOc1ccccc1C)NC1CCc2nc(COC)nn2C1.I. The van der Waals surface area contributed by atoms with Crippen molar-refractivity contribution in [3.05, 3.63) is 41.5 Å². The quantitative estimate of drug-likeness (QED) is 0.244. The summed E-state index contributed by atoms with van der Waals surface area (Å²) in [5, 5.41) is 11.3. The van der Waals surface area contributed by atoms with Crippen LogP contribution in [0.25, 0.3) is 0 Å². The first-order valence-corrected chi connectivity index (χ1v) is 9.84. The molecule has 3 rings (SSSR count). The lowest BCUT2D eigenvalue weighted by Crippen LogP contribution is -2.47. The van der Waals surface area contributed by atoms with Crippen molar-refractivity contribution in [2.75, 3.05) is 26.8 Å². The van der Waals surface area contributed by atoms with Gasteiger partial charge in [-0.15, -0.1) is 24.0 Å². The van der Waals surface area contributed by atoms with Crippen LogP contribution in [0, 0.1) is 6.92 Å². The number of para-hydroxylation sites is 1. The number of ether oxygens (including phenoxy) is 2. The summed E-state index contributed by atoms with van der Waals surface area (Å²) in [5.74, 6) is 3.49. The maximum atomic E-state index is 5.83. The third kappa shape index (κ3) is 6.84. The zero-order valence-electron chi connectivity index (χ0n) is 17.4. The van der Waals surface area contributed by atoms with Gasteiger partial charge in [-0.3, -0.25) is 0 Å². The lowest BCUT2D eigenvalue weighted by atomic mass is 10.1. The van der Waals surface area contributed by atoms with Crippen LogP contribution in [0.5, 0.6) is 5.75 Å². The average molecular weight is 514 g/mol. The van der Waals surface area contributed by atoms with E-state index >= 15 is 0 Å². The largest absolute Gasteiger partial charge is 0.491 e. The van der Waals surface area contributed by atoms with E-state index in [4.69, 9.17) is 9.47 Å². The van der Waals surface area contributed by atoms with Gasteiger partial charge in [0.05, 0.1) is 13.1 Å². The van der Waals surface area contributed by atoms with Crippen molar-refractivity contribution in [1.82, 2.24) is 25.4 Å². The molecule has 0 radical (unpaired) electrons. The topological polar surface area (TPSA) is 85.6 Å². The van der Waals surface area contributed by atoms with Crippen molar-refractivity contribution in [3.8, 4) is 5.75 Å². The molecule has 8 nitrogen and oxygen atoms in total. The molecule has 1 aliphatic heterocycles. The van der Waals surface area contributed by atoms with E-state index in [2.05, 4.69) is 32.6 Å². The van der Waals surface area contributed by atoms with Crippen LogP contribution in [0.3, 0.4) is 0 Å². The number of methoxy groups -OCH3 is 1. The molecule has 1 aromatic carbocycles. The number of fused-ring (bicyclic) bond motifs is 1. The van der Waals surface area contributed by atoms with Gasteiger partial charge in [0.2, 0.25) is 0 Å². The van der Waals surface area contributed by atoms with Crippen LogP contribution in [-0.4, -0.2) is 53.6 Å². The second-order valence-electron chi connectivity index (χ2n) is 6.81. The van der Waals surface area contributed by atoms with Gasteiger partial charge in [-0.1, -0.05) is 18.2 Å². The first-order chi connectivity index (χ1) is 13.7. The van der Waals surface area contributed by atoms with E-state index in [9.17, 15) is 0 Å². The number of aromatic nitrogens is 3. The molecule has 2 aromatic rings. The highest BCUT2D eigenvalue weighted by atomic mass is 127. The third-order valence-electron chi connectivity index (χ3n) is 4.57. The van der Waals surface area contributed by atoms with E-state index in [1.807, 2.05) is 35.9 Å². The summed E-state index contributed by atoms with van der Waals surface area (Å²) in [6.45, 7) is 7.27. The minimum Gasteiger partial charge on any atom is -0.491 e. The van der Waals surface area contributed by atoms with Gasteiger partial charge in [-0.2, -0.15) is 5.10 Å². The van der Waals surface area contributed by atoms with Gasteiger partial charge < -0.3 is 20.1 Å². The molecule has 1 unspecified atom stereocenters. The van der Waals surface area contributed by atoms with E-state index in [1.54, 1.807) is 7.11 Å². The highest BCUT2D eigenvalue weighted by Gasteiger charge is 2.22. The molecule has 0 spiro atoms. The van der Waals surface area contributed by atoms with Crippen LogP contribution in [0.2, 0.25) is 0 Å². The number of aliphatic imine (C=N–C) groups is 1. The Morgan fingerprint density at radius 3 is 2.93 bits per heavy atom. The number of rotatable bonds is 8.